The Morgan fingerprint density at radius 2 is 1.64 bits per heavy atom. The fourth-order valence-corrected chi connectivity index (χ4v) is 3.33. The Balaban J connectivity index is 1.50. The number of sulfonamides is 1. The molecular formula is C16H22N4O4S. The molecule has 0 unspecified atom stereocenters. The highest BCUT2D eigenvalue weighted by Gasteiger charge is 2.30. The van der Waals surface area contributed by atoms with Crippen molar-refractivity contribution in [3.05, 3.63) is 24.3 Å². The molecule has 0 atom stereocenters. The van der Waals surface area contributed by atoms with Gasteiger partial charge in [0.15, 0.2) is 0 Å². The number of carbonyl (C=O) groups excluding carboxylic acids is 2. The average Bonchev–Trinajstić information content (AvgIpc) is 3.38. The van der Waals surface area contributed by atoms with E-state index in [0.717, 1.165) is 12.8 Å². The Bertz CT molecular complexity index is 751. The molecular weight excluding hydrogens is 344 g/mol. The van der Waals surface area contributed by atoms with E-state index in [0.29, 0.717) is 37.7 Å². The molecule has 1 heterocycles. The van der Waals surface area contributed by atoms with E-state index in [1.807, 2.05) is 0 Å². The second kappa shape index (κ2) is 7.01. The van der Waals surface area contributed by atoms with Gasteiger partial charge in [-0.3, -0.25) is 4.79 Å². The number of carbonyl (C=O) groups is 2. The number of hydrogen-bond donors (Lipinski definition) is 3. The van der Waals surface area contributed by atoms with E-state index in [1.54, 1.807) is 4.90 Å². The number of nitrogens with one attached hydrogen (secondary N) is 2. The number of primary sulfonamides is 1. The van der Waals surface area contributed by atoms with Crippen LogP contribution in [-0.2, 0) is 14.8 Å². The van der Waals surface area contributed by atoms with Crippen molar-refractivity contribution in [2.45, 2.75) is 36.6 Å². The van der Waals surface area contributed by atoms with Crippen molar-refractivity contribution in [3.63, 3.8) is 0 Å². The van der Waals surface area contributed by atoms with Gasteiger partial charge in [0.2, 0.25) is 15.9 Å². The van der Waals surface area contributed by atoms with Gasteiger partial charge in [0.1, 0.15) is 0 Å². The van der Waals surface area contributed by atoms with Gasteiger partial charge >= 0.3 is 6.03 Å². The van der Waals surface area contributed by atoms with Crippen LogP contribution in [0.2, 0.25) is 0 Å². The number of amides is 3. The quantitative estimate of drug-likeness (QED) is 0.731. The number of likely N-dealkylation sites (tertiary alicyclic amines) is 1. The number of rotatable bonds is 4. The largest absolute Gasteiger partial charge is 0.335 e. The van der Waals surface area contributed by atoms with Crippen LogP contribution >= 0.6 is 0 Å². The molecule has 25 heavy (non-hydrogen) atoms. The maximum Gasteiger partial charge on any atom is 0.317 e. The van der Waals surface area contributed by atoms with Crippen molar-refractivity contribution in [1.82, 2.24) is 10.2 Å². The van der Waals surface area contributed by atoms with Crippen LogP contribution in [0.15, 0.2) is 29.2 Å². The molecule has 136 valence electrons. The van der Waals surface area contributed by atoms with Gasteiger partial charge in [-0.15, -0.1) is 0 Å². The highest BCUT2D eigenvalue weighted by Crippen LogP contribution is 2.22. The van der Waals surface area contributed by atoms with Crippen LogP contribution in [0.5, 0.6) is 0 Å². The molecule has 1 aliphatic heterocycles. The van der Waals surface area contributed by atoms with Crippen molar-refractivity contribution in [2.75, 3.05) is 18.4 Å². The van der Waals surface area contributed by atoms with E-state index < -0.39 is 10.0 Å². The number of piperidine rings is 1. The molecule has 3 rings (SSSR count). The van der Waals surface area contributed by atoms with Gasteiger partial charge in [0.05, 0.1) is 4.90 Å². The summed E-state index contributed by atoms with van der Waals surface area (Å²) >= 11 is 0. The molecule has 0 spiro atoms. The molecule has 3 amide bonds. The highest BCUT2D eigenvalue weighted by molar-refractivity contribution is 7.89. The van der Waals surface area contributed by atoms with E-state index in [4.69, 9.17) is 5.14 Å². The number of nitrogens with zero attached hydrogens (tertiary/aromatic N) is 1. The third-order valence-corrected chi connectivity index (χ3v) is 5.44. The van der Waals surface area contributed by atoms with Crippen LogP contribution in [0.3, 0.4) is 0 Å². The second-order valence-corrected chi connectivity index (χ2v) is 8.11. The van der Waals surface area contributed by atoms with Gasteiger partial charge in [-0.1, -0.05) is 0 Å². The van der Waals surface area contributed by atoms with Gasteiger partial charge in [-0.25, -0.2) is 18.4 Å². The highest BCUT2D eigenvalue weighted by atomic mass is 32.2. The lowest BCUT2D eigenvalue weighted by molar-refractivity contribution is -0.121. The Morgan fingerprint density at radius 3 is 2.16 bits per heavy atom. The minimum absolute atomic E-state index is 0.000447. The van der Waals surface area contributed by atoms with Crippen molar-refractivity contribution in [1.29, 1.82) is 0 Å². The summed E-state index contributed by atoms with van der Waals surface area (Å²) < 4.78 is 22.4. The molecule has 4 N–H and O–H groups in total. The molecule has 1 aromatic rings. The van der Waals surface area contributed by atoms with E-state index in [-0.39, 0.29) is 22.8 Å². The van der Waals surface area contributed by atoms with E-state index in [9.17, 15) is 18.0 Å². The molecule has 1 aliphatic carbocycles. The van der Waals surface area contributed by atoms with Crippen molar-refractivity contribution >= 4 is 27.6 Å². The standard InChI is InChI=1S/C16H22N4O4S/c17-25(23,24)14-5-3-12(4-6-14)18-15(21)11-7-9-20(10-8-11)16(22)19-13-1-2-13/h3-6,11,13H,1-2,7-10H2,(H,18,21)(H,19,22)(H2,17,23,24). The molecule has 2 aliphatic rings. The number of hydrogen-bond acceptors (Lipinski definition) is 4. The Kier molecular flexibility index (Phi) is 4.96. The number of benzene rings is 1. The minimum atomic E-state index is -3.74. The van der Waals surface area contributed by atoms with Crippen LogP contribution in [-0.4, -0.2) is 44.4 Å². The maximum atomic E-state index is 12.3. The summed E-state index contributed by atoms with van der Waals surface area (Å²) in [5.41, 5.74) is 0.520. The summed E-state index contributed by atoms with van der Waals surface area (Å²) in [5.74, 6) is -0.284. The molecule has 2 fully saturated rings. The van der Waals surface area contributed by atoms with Crippen LogP contribution < -0.4 is 15.8 Å². The molecule has 8 nitrogen and oxygen atoms in total. The summed E-state index contributed by atoms with van der Waals surface area (Å²) in [6.07, 6.45) is 3.32. The monoisotopic (exact) mass is 366 g/mol. The molecule has 0 bridgehead atoms. The lowest BCUT2D eigenvalue weighted by Gasteiger charge is -2.31. The Labute approximate surface area is 146 Å². The predicted octanol–water partition coefficient (Wildman–Crippen LogP) is 0.857. The van der Waals surface area contributed by atoms with Gasteiger partial charge in [0.25, 0.3) is 0 Å². The Hall–Kier alpha value is -2.13. The molecule has 0 aromatic heterocycles. The van der Waals surface area contributed by atoms with Crippen LogP contribution in [0.4, 0.5) is 10.5 Å². The predicted molar refractivity (Wildman–Crippen MR) is 92.3 cm³/mol. The summed E-state index contributed by atoms with van der Waals surface area (Å²) in [6, 6.07) is 6.02. The van der Waals surface area contributed by atoms with Gasteiger partial charge in [-0.05, 0) is 49.9 Å². The average molecular weight is 366 g/mol. The van der Waals surface area contributed by atoms with Crippen molar-refractivity contribution in [2.24, 2.45) is 11.1 Å². The first-order valence-electron chi connectivity index (χ1n) is 8.32. The normalized spacial score (nSPS) is 18.7. The third-order valence-electron chi connectivity index (χ3n) is 4.51. The second-order valence-electron chi connectivity index (χ2n) is 6.54. The third kappa shape index (κ3) is 4.70. The molecule has 9 heteroatoms. The first-order chi connectivity index (χ1) is 11.8. The van der Waals surface area contributed by atoms with E-state index >= 15 is 0 Å². The molecule has 0 radical (unpaired) electrons. The fraction of sp³-hybridized carbons (Fsp3) is 0.500. The van der Waals surface area contributed by atoms with Crippen LogP contribution in [0.1, 0.15) is 25.7 Å². The zero-order chi connectivity index (χ0) is 18.0. The van der Waals surface area contributed by atoms with E-state index in [2.05, 4.69) is 10.6 Å². The van der Waals surface area contributed by atoms with E-state index in [1.165, 1.54) is 24.3 Å². The zero-order valence-electron chi connectivity index (χ0n) is 13.8. The smallest absolute Gasteiger partial charge is 0.317 e. The zero-order valence-corrected chi connectivity index (χ0v) is 14.6. The lowest BCUT2D eigenvalue weighted by Crippen LogP contribution is -2.46. The number of anilines is 1. The van der Waals surface area contributed by atoms with Crippen molar-refractivity contribution < 1.29 is 18.0 Å². The molecule has 1 aromatic carbocycles. The first kappa shape index (κ1) is 17.7. The lowest BCUT2D eigenvalue weighted by atomic mass is 9.96. The summed E-state index contributed by atoms with van der Waals surface area (Å²) in [6.45, 7) is 1.11. The minimum Gasteiger partial charge on any atom is -0.335 e. The van der Waals surface area contributed by atoms with Gasteiger partial charge in [0, 0.05) is 30.7 Å². The molecule has 1 saturated heterocycles. The molecule has 1 saturated carbocycles. The fourth-order valence-electron chi connectivity index (χ4n) is 2.81. The van der Waals surface area contributed by atoms with Crippen LogP contribution in [0.25, 0.3) is 0 Å². The summed E-state index contributed by atoms with van der Waals surface area (Å²) in [4.78, 5) is 26.1. The van der Waals surface area contributed by atoms with Gasteiger partial charge in [-0.2, -0.15) is 0 Å². The number of nitrogens with two attached hydrogens (primary N) is 1. The SMILES string of the molecule is NS(=O)(=O)c1ccc(NC(=O)C2CCN(C(=O)NC3CC3)CC2)cc1. The first-order valence-corrected chi connectivity index (χ1v) is 9.87. The maximum absolute atomic E-state index is 12.3. The van der Waals surface area contributed by atoms with Crippen LogP contribution in [0, 0.1) is 5.92 Å². The van der Waals surface area contributed by atoms with Crippen molar-refractivity contribution in [3.8, 4) is 0 Å². The number of urea groups is 1. The summed E-state index contributed by atoms with van der Waals surface area (Å²) in [7, 11) is -3.74. The summed E-state index contributed by atoms with van der Waals surface area (Å²) in [5, 5.41) is 10.8. The van der Waals surface area contributed by atoms with Gasteiger partial charge < -0.3 is 15.5 Å². The Morgan fingerprint density at radius 1 is 1.04 bits per heavy atom. The topological polar surface area (TPSA) is 122 Å².